The smallest absolute Gasteiger partial charge is 0.239 e. The third kappa shape index (κ3) is 6.32. The predicted molar refractivity (Wildman–Crippen MR) is 97.8 cm³/mol. The van der Waals surface area contributed by atoms with Crippen LogP contribution in [-0.2, 0) is 15.0 Å². The largest absolute Gasteiger partial charge is 0.358 e. The number of amides is 2. The van der Waals surface area contributed by atoms with E-state index in [0.29, 0.717) is 5.92 Å². The van der Waals surface area contributed by atoms with E-state index < -0.39 is 0 Å². The summed E-state index contributed by atoms with van der Waals surface area (Å²) in [6.07, 6.45) is 0. The Labute approximate surface area is 145 Å². The zero-order valence-electron chi connectivity index (χ0n) is 15.7. The average Bonchev–Trinajstić information content (AvgIpc) is 2.52. The highest BCUT2D eigenvalue weighted by Gasteiger charge is 2.18. The van der Waals surface area contributed by atoms with Gasteiger partial charge < -0.3 is 16.0 Å². The first-order valence-electron chi connectivity index (χ1n) is 8.46. The van der Waals surface area contributed by atoms with E-state index in [1.807, 2.05) is 0 Å². The molecule has 3 N–H and O–H groups in total. The number of nitrogens with one attached hydrogen (secondary N) is 3. The molecule has 0 spiro atoms. The van der Waals surface area contributed by atoms with Crippen molar-refractivity contribution in [2.75, 3.05) is 20.1 Å². The minimum absolute atomic E-state index is 0.00361. The standard InChI is InChI=1S/C19H31N3O2/c1-13(2)18(22-12-17(24)21-11-16(23)20-6)14-7-9-15(10-8-14)19(3,4)5/h7-10,13,18,22H,11-12H2,1-6H3,(H,20,23)(H,21,24)/t18-/m1/s1. The first-order chi connectivity index (χ1) is 11.1. The average molecular weight is 333 g/mol. The van der Waals surface area contributed by atoms with Crippen molar-refractivity contribution in [3.63, 3.8) is 0 Å². The Morgan fingerprint density at radius 2 is 1.58 bits per heavy atom. The molecule has 1 aromatic carbocycles. The topological polar surface area (TPSA) is 70.2 Å². The van der Waals surface area contributed by atoms with Crippen LogP contribution in [0.4, 0.5) is 0 Å². The second-order valence-electron chi connectivity index (χ2n) is 7.42. The maximum absolute atomic E-state index is 11.9. The summed E-state index contributed by atoms with van der Waals surface area (Å²) in [4.78, 5) is 23.0. The molecule has 5 nitrogen and oxygen atoms in total. The number of hydrogen-bond acceptors (Lipinski definition) is 3. The maximum atomic E-state index is 11.9. The molecule has 0 bridgehead atoms. The van der Waals surface area contributed by atoms with E-state index in [1.54, 1.807) is 7.05 Å². The number of rotatable bonds is 7. The van der Waals surface area contributed by atoms with Crippen LogP contribution in [0.15, 0.2) is 24.3 Å². The van der Waals surface area contributed by atoms with Crippen LogP contribution >= 0.6 is 0 Å². The van der Waals surface area contributed by atoms with E-state index in [0.717, 1.165) is 5.56 Å². The Kier molecular flexibility index (Phi) is 7.42. The summed E-state index contributed by atoms with van der Waals surface area (Å²) in [6, 6.07) is 8.64. The second kappa shape index (κ2) is 8.83. The van der Waals surface area contributed by atoms with Gasteiger partial charge in [0.25, 0.3) is 0 Å². The summed E-state index contributed by atoms with van der Waals surface area (Å²) >= 11 is 0. The van der Waals surface area contributed by atoms with Crippen molar-refractivity contribution in [2.24, 2.45) is 5.92 Å². The highest BCUT2D eigenvalue weighted by Crippen LogP contribution is 2.26. The number of carbonyl (C=O) groups is 2. The molecule has 0 heterocycles. The molecule has 1 aromatic rings. The van der Waals surface area contributed by atoms with Crippen molar-refractivity contribution < 1.29 is 9.59 Å². The van der Waals surface area contributed by atoms with Crippen molar-refractivity contribution in [1.82, 2.24) is 16.0 Å². The third-order valence-corrected chi connectivity index (χ3v) is 4.01. The fourth-order valence-corrected chi connectivity index (χ4v) is 2.46. The Hall–Kier alpha value is -1.88. The molecule has 24 heavy (non-hydrogen) atoms. The molecule has 0 radical (unpaired) electrons. The van der Waals surface area contributed by atoms with E-state index in [4.69, 9.17) is 0 Å². The fraction of sp³-hybridized carbons (Fsp3) is 0.579. The quantitative estimate of drug-likeness (QED) is 0.716. The van der Waals surface area contributed by atoms with Gasteiger partial charge in [-0.1, -0.05) is 58.9 Å². The van der Waals surface area contributed by atoms with E-state index in [-0.39, 0.29) is 36.4 Å². The summed E-state index contributed by atoms with van der Waals surface area (Å²) < 4.78 is 0. The lowest BCUT2D eigenvalue weighted by Crippen LogP contribution is -2.41. The zero-order valence-corrected chi connectivity index (χ0v) is 15.7. The maximum Gasteiger partial charge on any atom is 0.239 e. The molecule has 5 heteroatoms. The summed E-state index contributed by atoms with van der Waals surface area (Å²) in [5.41, 5.74) is 2.58. The van der Waals surface area contributed by atoms with Crippen LogP contribution in [0.3, 0.4) is 0 Å². The lowest BCUT2D eigenvalue weighted by Gasteiger charge is -2.25. The fourth-order valence-electron chi connectivity index (χ4n) is 2.46. The van der Waals surface area contributed by atoms with Crippen molar-refractivity contribution in [3.8, 4) is 0 Å². The number of carbonyl (C=O) groups excluding carboxylic acids is 2. The molecular formula is C19H31N3O2. The molecule has 0 fully saturated rings. The predicted octanol–water partition coefficient (Wildman–Crippen LogP) is 2.13. The van der Waals surface area contributed by atoms with Gasteiger partial charge in [-0.15, -0.1) is 0 Å². The first kappa shape index (κ1) is 20.2. The lowest BCUT2D eigenvalue weighted by atomic mass is 9.85. The minimum atomic E-state index is -0.207. The van der Waals surface area contributed by atoms with Crippen molar-refractivity contribution in [3.05, 3.63) is 35.4 Å². The highest BCUT2D eigenvalue weighted by atomic mass is 16.2. The molecule has 0 aliphatic rings. The third-order valence-electron chi connectivity index (χ3n) is 4.01. The number of benzene rings is 1. The van der Waals surface area contributed by atoms with Gasteiger partial charge in [0.15, 0.2) is 0 Å². The summed E-state index contributed by atoms with van der Waals surface area (Å²) in [5, 5.41) is 8.36. The normalized spacial score (nSPS) is 12.8. The zero-order chi connectivity index (χ0) is 18.3. The van der Waals surface area contributed by atoms with Crippen molar-refractivity contribution in [2.45, 2.75) is 46.1 Å². The van der Waals surface area contributed by atoms with E-state index >= 15 is 0 Å². The van der Waals surface area contributed by atoms with Gasteiger partial charge in [0.1, 0.15) is 0 Å². The van der Waals surface area contributed by atoms with Crippen LogP contribution in [-0.4, -0.2) is 32.0 Å². The van der Waals surface area contributed by atoms with Crippen LogP contribution in [0.25, 0.3) is 0 Å². The van der Waals surface area contributed by atoms with Crippen LogP contribution in [0.1, 0.15) is 51.8 Å². The van der Waals surface area contributed by atoms with Crippen molar-refractivity contribution in [1.29, 1.82) is 0 Å². The Bertz CT molecular complexity index is 545. The molecule has 0 unspecified atom stereocenters. The Morgan fingerprint density at radius 3 is 2.04 bits per heavy atom. The molecule has 1 rings (SSSR count). The van der Waals surface area contributed by atoms with Gasteiger partial charge in [-0.25, -0.2) is 0 Å². The molecule has 1 atom stereocenters. The van der Waals surface area contributed by atoms with Crippen LogP contribution in [0.5, 0.6) is 0 Å². The molecule has 0 aliphatic carbocycles. The molecular weight excluding hydrogens is 302 g/mol. The van der Waals surface area contributed by atoms with Gasteiger partial charge in [0, 0.05) is 13.1 Å². The highest BCUT2D eigenvalue weighted by molar-refractivity contribution is 5.85. The Balaban J connectivity index is 2.67. The molecule has 0 aliphatic heterocycles. The molecule has 0 aromatic heterocycles. The van der Waals surface area contributed by atoms with Crippen LogP contribution in [0.2, 0.25) is 0 Å². The second-order valence-corrected chi connectivity index (χ2v) is 7.42. The lowest BCUT2D eigenvalue weighted by molar-refractivity contribution is -0.125. The molecule has 0 saturated carbocycles. The van der Waals surface area contributed by atoms with E-state index in [9.17, 15) is 9.59 Å². The van der Waals surface area contributed by atoms with E-state index in [1.165, 1.54) is 5.56 Å². The van der Waals surface area contributed by atoms with Crippen LogP contribution < -0.4 is 16.0 Å². The summed E-state index contributed by atoms with van der Waals surface area (Å²) in [6.45, 7) is 11.0. The van der Waals surface area contributed by atoms with Gasteiger partial charge in [-0.05, 0) is 22.5 Å². The summed E-state index contributed by atoms with van der Waals surface area (Å²) in [7, 11) is 1.54. The van der Waals surface area contributed by atoms with Gasteiger partial charge in [0.2, 0.25) is 11.8 Å². The molecule has 134 valence electrons. The first-order valence-corrected chi connectivity index (χ1v) is 8.46. The SMILES string of the molecule is CNC(=O)CNC(=O)CN[C@@H](c1ccc(C(C)(C)C)cc1)C(C)C. The van der Waals surface area contributed by atoms with E-state index in [2.05, 4.69) is 74.8 Å². The minimum Gasteiger partial charge on any atom is -0.358 e. The van der Waals surface area contributed by atoms with Crippen LogP contribution in [0, 0.1) is 5.92 Å². The number of likely N-dealkylation sites (N-methyl/N-ethyl adjacent to an activating group) is 1. The van der Waals surface area contributed by atoms with Gasteiger partial charge >= 0.3 is 0 Å². The van der Waals surface area contributed by atoms with Gasteiger partial charge in [-0.3, -0.25) is 9.59 Å². The van der Waals surface area contributed by atoms with Crippen molar-refractivity contribution >= 4 is 11.8 Å². The van der Waals surface area contributed by atoms with Gasteiger partial charge in [0.05, 0.1) is 13.1 Å². The number of hydrogen-bond donors (Lipinski definition) is 3. The Morgan fingerprint density at radius 1 is 1.00 bits per heavy atom. The monoisotopic (exact) mass is 333 g/mol. The molecule has 0 saturated heterocycles. The van der Waals surface area contributed by atoms with Gasteiger partial charge in [-0.2, -0.15) is 0 Å². The summed E-state index contributed by atoms with van der Waals surface area (Å²) in [5.74, 6) is -0.0469. The molecule has 2 amide bonds.